The van der Waals surface area contributed by atoms with Crippen molar-refractivity contribution in [2.24, 2.45) is 0 Å². The topological polar surface area (TPSA) is 51.8 Å². The quantitative estimate of drug-likeness (QED) is 0.150. The monoisotopic (exact) mass is 853 g/mol. The maximum Gasteiger partial charge on any atom is 0.164 e. The fourth-order valence-corrected chi connectivity index (χ4v) is 9.84. The van der Waals surface area contributed by atoms with Gasteiger partial charge in [-0.05, 0) is 125 Å². The first-order chi connectivity index (χ1) is 33.2. The fraction of sp³-hybridized carbons (Fsp3) is 0. The third-order valence-electron chi connectivity index (χ3n) is 13.1. The van der Waals surface area contributed by atoms with E-state index >= 15 is 0 Å². The van der Waals surface area contributed by atoms with Crippen LogP contribution in [0.25, 0.3) is 133 Å². The Labute approximate surface area is 387 Å². The van der Waals surface area contributed by atoms with Gasteiger partial charge in [-0.1, -0.05) is 188 Å². The van der Waals surface area contributed by atoms with E-state index in [9.17, 15) is 0 Å². The first kappa shape index (κ1) is 38.5. The van der Waals surface area contributed by atoms with E-state index in [1.807, 2.05) is 60.7 Å². The predicted molar refractivity (Wildman–Crippen MR) is 278 cm³/mol. The smallest absolute Gasteiger partial charge is 0.164 e. The molecule has 0 atom stereocenters. The normalized spacial score (nSPS) is 11.6. The minimum Gasteiger partial charge on any atom is -0.456 e. The van der Waals surface area contributed by atoms with E-state index in [-0.39, 0.29) is 0 Å². The second-order valence-electron chi connectivity index (χ2n) is 17.1. The molecule has 13 rings (SSSR count). The van der Waals surface area contributed by atoms with E-state index in [1.165, 1.54) is 43.8 Å². The number of furan rings is 1. The molecule has 4 heteroatoms. The minimum atomic E-state index is 0.630. The largest absolute Gasteiger partial charge is 0.456 e. The fourth-order valence-electron chi connectivity index (χ4n) is 9.84. The average Bonchev–Trinajstić information content (AvgIpc) is 3.80. The van der Waals surface area contributed by atoms with Crippen LogP contribution in [0.2, 0.25) is 0 Å². The van der Waals surface area contributed by atoms with Crippen molar-refractivity contribution in [2.45, 2.75) is 0 Å². The molecule has 0 saturated carbocycles. The molecular weight excluding hydrogens is 815 g/mol. The number of hydrogen-bond acceptors (Lipinski definition) is 4. The van der Waals surface area contributed by atoms with Crippen molar-refractivity contribution in [2.75, 3.05) is 0 Å². The maximum absolute atomic E-state index is 6.62. The van der Waals surface area contributed by atoms with Crippen molar-refractivity contribution < 1.29 is 4.42 Å². The molecule has 13 aromatic rings. The zero-order valence-corrected chi connectivity index (χ0v) is 36.3. The third kappa shape index (κ3) is 6.82. The molecule has 11 aromatic carbocycles. The zero-order valence-electron chi connectivity index (χ0n) is 36.3. The highest BCUT2D eigenvalue weighted by Crippen LogP contribution is 2.43. The minimum absolute atomic E-state index is 0.630. The van der Waals surface area contributed by atoms with Crippen LogP contribution in [-0.2, 0) is 0 Å². The highest BCUT2D eigenvalue weighted by molar-refractivity contribution is 6.26. The molecule has 0 aliphatic carbocycles. The Morgan fingerprint density at radius 2 is 0.642 bits per heavy atom. The zero-order chi connectivity index (χ0) is 44.3. The van der Waals surface area contributed by atoms with Gasteiger partial charge in [0.15, 0.2) is 17.5 Å². The second-order valence-corrected chi connectivity index (χ2v) is 17.1. The summed E-state index contributed by atoms with van der Waals surface area (Å²) in [6.45, 7) is 0. The van der Waals surface area contributed by atoms with Crippen LogP contribution in [0.3, 0.4) is 0 Å². The van der Waals surface area contributed by atoms with Gasteiger partial charge in [-0.3, -0.25) is 0 Å². The van der Waals surface area contributed by atoms with E-state index in [0.717, 1.165) is 71.7 Å². The average molecular weight is 854 g/mol. The molecule has 0 amide bonds. The van der Waals surface area contributed by atoms with Crippen LogP contribution >= 0.6 is 0 Å². The summed E-state index contributed by atoms with van der Waals surface area (Å²) in [5.41, 5.74) is 13.8. The van der Waals surface area contributed by atoms with Gasteiger partial charge in [0, 0.05) is 27.5 Å². The van der Waals surface area contributed by atoms with Crippen LogP contribution in [0.4, 0.5) is 0 Å². The van der Waals surface area contributed by atoms with Gasteiger partial charge in [0.25, 0.3) is 0 Å². The molecule has 0 aliphatic heterocycles. The highest BCUT2D eigenvalue weighted by atomic mass is 16.3. The first-order valence-electron chi connectivity index (χ1n) is 22.7. The van der Waals surface area contributed by atoms with E-state index in [4.69, 9.17) is 19.4 Å². The van der Waals surface area contributed by atoms with Gasteiger partial charge < -0.3 is 4.42 Å². The number of benzene rings is 11. The lowest BCUT2D eigenvalue weighted by atomic mass is 9.90. The number of nitrogens with zero attached hydrogens (tertiary/aromatic N) is 3. The molecule has 0 radical (unpaired) electrons. The molecule has 2 aromatic heterocycles. The van der Waals surface area contributed by atoms with Gasteiger partial charge in [-0.25, -0.2) is 15.0 Å². The summed E-state index contributed by atoms with van der Waals surface area (Å²) in [4.78, 5) is 15.2. The van der Waals surface area contributed by atoms with E-state index in [0.29, 0.717) is 17.5 Å². The Balaban J connectivity index is 0.987. The molecule has 312 valence electrons. The summed E-state index contributed by atoms with van der Waals surface area (Å²) in [6, 6.07) is 83.8. The van der Waals surface area contributed by atoms with Crippen molar-refractivity contribution in [3.05, 3.63) is 237 Å². The molecule has 0 saturated heterocycles. The van der Waals surface area contributed by atoms with Crippen LogP contribution < -0.4 is 0 Å². The summed E-state index contributed by atoms with van der Waals surface area (Å²) in [5, 5.41) is 9.29. The molecule has 2 heterocycles. The molecular formula is C63H39N3O. The van der Waals surface area contributed by atoms with E-state index in [2.05, 4.69) is 176 Å². The van der Waals surface area contributed by atoms with Gasteiger partial charge in [0.1, 0.15) is 11.2 Å². The molecule has 0 spiro atoms. The number of hydrogen-bond donors (Lipinski definition) is 0. The molecule has 0 N–H and O–H groups in total. The van der Waals surface area contributed by atoms with Crippen LogP contribution in [0.5, 0.6) is 0 Å². The number of fused-ring (bicyclic) bond motifs is 9. The lowest BCUT2D eigenvalue weighted by molar-refractivity contribution is 0.669. The van der Waals surface area contributed by atoms with Crippen LogP contribution in [0.15, 0.2) is 241 Å². The summed E-state index contributed by atoms with van der Waals surface area (Å²) in [7, 11) is 0. The highest BCUT2D eigenvalue weighted by Gasteiger charge is 2.18. The Morgan fingerprint density at radius 1 is 0.224 bits per heavy atom. The molecule has 0 aliphatic rings. The number of aromatic nitrogens is 3. The van der Waals surface area contributed by atoms with E-state index in [1.54, 1.807) is 0 Å². The Hall–Kier alpha value is -8.99. The Kier molecular flexibility index (Phi) is 9.14. The Bertz CT molecular complexity index is 3900. The standard InChI is InChI=1S/C63H39N3O/c1-5-16-40(17-6-1)47-34-48(41-18-7-2-8-19-41)36-49(35-47)50-26-15-27-59-60(50)57-38-45(30-33-58(57)67-59)44-28-31-53-51-24-13-14-25-52(51)54-32-29-46(39-56(54)55(53)37-44)63-65-61(42-20-9-3-10-21-42)64-62(66-63)43-22-11-4-12-23-43/h1-39H. The van der Waals surface area contributed by atoms with Gasteiger partial charge in [-0.2, -0.15) is 0 Å². The summed E-state index contributed by atoms with van der Waals surface area (Å²) in [6.07, 6.45) is 0. The van der Waals surface area contributed by atoms with Gasteiger partial charge in [0.05, 0.1) is 0 Å². The van der Waals surface area contributed by atoms with Crippen LogP contribution in [-0.4, -0.2) is 15.0 Å². The third-order valence-corrected chi connectivity index (χ3v) is 13.1. The number of rotatable bonds is 7. The van der Waals surface area contributed by atoms with Crippen molar-refractivity contribution in [3.63, 3.8) is 0 Å². The molecule has 67 heavy (non-hydrogen) atoms. The van der Waals surface area contributed by atoms with Crippen molar-refractivity contribution in [1.82, 2.24) is 15.0 Å². The van der Waals surface area contributed by atoms with Gasteiger partial charge in [-0.15, -0.1) is 0 Å². The van der Waals surface area contributed by atoms with Crippen LogP contribution in [0, 0.1) is 0 Å². The Morgan fingerprint density at radius 3 is 1.19 bits per heavy atom. The second kappa shape index (κ2) is 15.9. The summed E-state index contributed by atoms with van der Waals surface area (Å²) in [5.74, 6) is 1.91. The molecule has 4 nitrogen and oxygen atoms in total. The summed E-state index contributed by atoms with van der Waals surface area (Å²) >= 11 is 0. The predicted octanol–water partition coefficient (Wildman–Crippen LogP) is 16.9. The summed E-state index contributed by atoms with van der Waals surface area (Å²) < 4.78 is 6.62. The maximum atomic E-state index is 6.62. The SMILES string of the molecule is c1ccc(-c2cc(-c3ccccc3)cc(-c3cccc4oc5ccc(-c6ccc7c8ccccc8c8ccc(-c9nc(-c%10ccccc%10)nc(-c%10ccccc%10)n9)cc8c7c6)cc5c34)c2)cc1. The first-order valence-corrected chi connectivity index (χ1v) is 22.7. The van der Waals surface area contributed by atoms with Crippen LogP contribution in [0.1, 0.15) is 0 Å². The molecule has 0 unspecified atom stereocenters. The van der Waals surface area contributed by atoms with Crippen molar-refractivity contribution in [3.8, 4) is 78.7 Å². The van der Waals surface area contributed by atoms with Gasteiger partial charge in [0.2, 0.25) is 0 Å². The molecule has 0 fully saturated rings. The lowest BCUT2D eigenvalue weighted by Crippen LogP contribution is -2.00. The molecule has 0 bridgehead atoms. The lowest BCUT2D eigenvalue weighted by Gasteiger charge is -2.14. The van der Waals surface area contributed by atoms with Crippen molar-refractivity contribution in [1.29, 1.82) is 0 Å². The van der Waals surface area contributed by atoms with E-state index < -0.39 is 0 Å². The van der Waals surface area contributed by atoms with Gasteiger partial charge >= 0.3 is 0 Å². The van der Waals surface area contributed by atoms with Crippen molar-refractivity contribution >= 4 is 54.3 Å².